The van der Waals surface area contributed by atoms with Crippen molar-refractivity contribution < 1.29 is 0 Å². The zero-order valence-electron chi connectivity index (χ0n) is 10.6. The van der Waals surface area contributed by atoms with Crippen LogP contribution in [-0.2, 0) is 0 Å². The minimum absolute atomic E-state index is 0.139. The summed E-state index contributed by atoms with van der Waals surface area (Å²) in [7, 11) is 0. The zero-order valence-corrected chi connectivity index (χ0v) is 11.5. The highest BCUT2D eigenvalue weighted by atomic mass is 32.2. The Labute approximate surface area is 118 Å². The lowest BCUT2D eigenvalue weighted by molar-refractivity contribution is 0.809. The van der Waals surface area contributed by atoms with Gasteiger partial charge in [-0.1, -0.05) is 11.8 Å². The molecule has 20 heavy (non-hydrogen) atoms. The Morgan fingerprint density at radius 1 is 1.30 bits per heavy atom. The van der Waals surface area contributed by atoms with Crippen LogP contribution in [0, 0.1) is 0 Å². The van der Waals surface area contributed by atoms with E-state index in [2.05, 4.69) is 20.1 Å². The van der Waals surface area contributed by atoms with E-state index in [1.165, 1.54) is 17.8 Å². The number of aromatic nitrogens is 5. The molecule has 0 aromatic carbocycles. The number of H-pyrrole nitrogens is 1. The van der Waals surface area contributed by atoms with Gasteiger partial charge in [0.2, 0.25) is 5.56 Å². The van der Waals surface area contributed by atoms with Crippen LogP contribution in [0.25, 0.3) is 17.1 Å². The molecule has 3 aromatic heterocycles. The first-order chi connectivity index (χ1) is 9.76. The molecule has 0 atom stereocenters. The maximum atomic E-state index is 11.1. The first-order valence-corrected chi connectivity index (χ1v) is 7.11. The molecule has 0 saturated carbocycles. The van der Waals surface area contributed by atoms with Crippen molar-refractivity contribution in [1.82, 2.24) is 24.7 Å². The topological polar surface area (TPSA) is 76.5 Å². The molecule has 7 heteroatoms. The summed E-state index contributed by atoms with van der Waals surface area (Å²) in [5.41, 5.74) is 1.43. The van der Waals surface area contributed by atoms with Gasteiger partial charge in [0.25, 0.3) is 0 Å². The molecular formula is C13H11N5OS. The average Bonchev–Trinajstić information content (AvgIpc) is 3.02. The quantitative estimate of drug-likeness (QED) is 0.586. The van der Waals surface area contributed by atoms with Crippen molar-refractivity contribution in [3.63, 3.8) is 0 Å². The van der Waals surface area contributed by atoms with Crippen molar-refractivity contribution in [2.75, 3.05) is 6.26 Å². The molecular weight excluding hydrogens is 274 g/mol. The summed E-state index contributed by atoms with van der Waals surface area (Å²) in [5, 5.41) is 4.82. The molecule has 0 unspecified atom stereocenters. The number of hydrogen-bond acceptors (Lipinski definition) is 5. The molecule has 0 saturated heterocycles. The molecule has 0 fully saturated rings. The Morgan fingerprint density at radius 3 is 2.85 bits per heavy atom. The third-order valence-electron chi connectivity index (χ3n) is 2.69. The Kier molecular flexibility index (Phi) is 3.34. The van der Waals surface area contributed by atoms with Crippen LogP contribution in [0.15, 0.2) is 52.8 Å². The Morgan fingerprint density at radius 2 is 2.20 bits per heavy atom. The van der Waals surface area contributed by atoms with E-state index in [1.54, 1.807) is 23.1 Å². The third-order valence-corrected chi connectivity index (χ3v) is 3.24. The lowest BCUT2D eigenvalue weighted by Gasteiger charge is -2.06. The minimum atomic E-state index is -0.139. The smallest absolute Gasteiger partial charge is 0.247 e. The lowest BCUT2D eigenvalue weighted by atomic mass is 10.2. The van der Waals surface area contributed by atoms with Crippen molar-refractivity contribution in [1.29, 1.82) is 0 Å². The summed E-state index contributed by atoms with van der Waals surface area (Å²) in [6.07, 6.45) is 7.07. The number of rotatable bonds is 3. The fourth-order valence-corrected chi connectivity index (χ4v) is 2.12. The van der Waals surface area contributed by atoms with Gasteiger partial charge < -0.3 is 4.98 Å². The summed E-state index contributed by atoms with van der Waals surface area (Å²) in [5.74, 6) is 0.690. The molecule has 0 aliphatic heterocycles. The second-order valence-corrected chi connectivity index (χ2v) is 4.76. The standard InChI is InChI=1S/C13H11N5OS/c1-20-13-16-10(9-3-4-12(19)14-8-9)7-11(17-13)18-6-2-5-15-18/h2-8H,1H3,(H,14,19). The summed E-state index contributed by atoms with van der Waals surface area (Å²) in [6, 6.07) is 6.88. The highest BCUT2D eigenvalue weighted by Gasteiger charge is 2.08. The predicted molar refractivity (Wildman–Crippen MR) is 77.0 cm³/mol. The normalized spacial score (nSPS) is 10.7. The highest BCUT2D eigenvalue weighted by Crippen LogP contribution is 2.20. The van der Waals surface area contributed by atoms with Crippen LogP contribution in [0.1, 0.15) is 0 Å². The molecule has 3 rings (SSSR count). The summed E-state index contributed by atoms with van der Waals surface area (Å²) >= 11 is 1.46. The monoisotopic (exact) mass is 285 g/mol. The Bertz CT molecular complexity index is 761. The van der Waals surface area contributed by atoms with Crippen LogP contribution in [0.3, 0.4) is 0 Å². The van der Waals surface area contributed by atoms with Gasteiger partial charge in [-0.3, -0.25) is 4.79 Å². The van der Waals surface area contributed by atoms with Crippen molar-refractivity contribution in [2.45, 2.75) is 5.16 Å². The van der Waals surface area contributed by atoms with E-state index in [-0.39, 0.29) is 5.56 Å². The van der Waals surface area contributed by atoms with Gasteiger partial charge in [0.1, 0.15) is 0 Å². The van der Waals surface area contributed by atoms with Crippen molar-refractivity contribution >= 4 is 11.8 Å². The molecule has 3 aromatic rings. The van der Waals surface area contributed by atoms with Crippen molar-refractivity contribution in [3.05, 3.63) is 53.2 Å². The fraction of sp³-hybridized carbons (Fsp3) is 0.0769. The van der Waals surface area contributed by atoms with Crippen LogP contribution < -0.4 is 5.56 Å². The summed E-state index contributed by atoms with van der Waals surface area (Å²) in [6.45, 7) is 0. The first-order valence-electron chi connectivity index (χ1n) is 5.88. The number of thioether (sulfide) groups is 1. The van der Waals surface area contributed by atoms with Crippen LogP contribution in [0.4, 0.5) is 0 Å². The molecule has 0 aliphatic rings. The molecule has 0 amide bonds. The van der Waals surface area contributed by atoms with Gasteiger partial charge in [0.05, 0.1) is 5.69 Å². The van der Waals surface area contributed by atoms with Gasteiger partial charge in [-0.05, 0) is 18.4 Å². The van der Waals surface area contributed by atoms with Gasteiger partial charge in [-0.15, -0.1) is 0 Å². The molecule has 100 valence electrons. The fourth-order valence-electron chi connectivity index (χ4n) is 1.74. The van der Waals surface area contributed by atoms with E-state index in [4.69, 9.17) is 0 Å². The number of aromatic amines is 1. The van der Waals surface area contributed by atoms with Crippen LogP contribution in [0.2, 0.25) is 0 Å². The maximum absolute atomic E-state index is 11.1. The SMILES string of the molecule is CSc1nc(-c2ccc(=O)[nH]c2)cc(-n2cccn2)n1. The number of nitrogens with one attached hydrogen (secondary N) is 1. The Hall–Kier alpha value is -2.41. The van der Waals surface area contributed by atoms with Gasteiger partial charge in [-0.25, -0.2) is 14.6 Å². The van der Waals surface area contributed by atoms with Crippen LogP contribution in [0.5, 0.6) is 0 Å². The second kappa shape index (κ2) is 5.30. The third kappa shape index (κ3) is 2.48. The van der Waals surface area contributed by atoms with E-state index in [0.29, 0.717) is 11.0 Å². The summed E-state index contributed by atoms with van der Waals surface area (Å²) in [4.78, 5) is 22.6. The number of nitrogens with zero attached hydrogens (tertiary/aromatic N) is 4. The van der Waals surface area contributed by atoms with Gasteiger partial charge in [-0.2, -0.15) is 5.10 Å². The average molecular weight is 285 g/mol. The van der Waals surface area contributed by atoms with E-state index in [1.807, 2.05) is 24.6 Å². The van der Waals surface area contributed by atoms with E-state index < -0.39 is 0 Å². The molecule has 1 N–H and O–H groups in total. The largest absolute Gasteiger partial charge is 0.328 e. The van der Waals surface area contributed by atoms with E-state index in [0.717, 1.165) is 11.3 Å². The van der Waals surface area contributed by atoms with Crippen molar-refractivity contribution in [3.8, 4) is 17.1 Å². The van der Waals surface area contributed by atoms with Gasteiger partial charge >= 0.3 is 0 Å². The van der Waals surface area contributed by atoms with Gasteiger partial charge in [0, 0.05) is 36.3 Å². The van der Waals surface area contributed by atoms with Crippen LogP contribution >= 0.6 is 11.8 Å². The second-order valence-electron chi connectivity index (χ2n) is 3.99. The summed E-state index contributed by atoms with van der Waals surface area (Å²) < 4.78 is 1.68. The number of hydrogen-bond donors (Lipinski definition) is 1. The minimum Gasteiger partial charge on any atom is -0.328 e. The molecule has 0 radical (unpaired) electrons. The zero-order chi connectivity index (χ0) is 13.9. The predicted octanol–water partition coefficient (Wildman–Crippen LogP) is 1.74. The Balaban J connectivity index is 2.13. The van der Waals surface area contributed by atoms with Gasteiger partial charge in [0.15, 0.2) is 11.0 Å². The lowest BCUT2D eigenvalue weighted by Crippen LogP contribution is -2.04. The highest BCUT2D eigenvalue weighted by molar-refractivity contribution is 7.98. The molecule has 6 nitrogen and oxygen atoms in total. The van der Waals surface area contributed by atoms with Crippen molar-refractivity contribution in [2.24, 2.45) is 0 Å². The first kappa shape index (κ1) is 12.6. The van der Waals surface area contributed by atoms with E-state index in [9.17, 15) is 4.79 Å². The molecule has 0 aliphatic carbocycles. The van der Waals surface area contributed by atoms with E-state index >= 15 is 0 Å². The molecule has 0 bridgehead atoms. The van der Waals surface area contributed by atoms with Crippen LogP contribution in [-0.4, -0.2) is 31.0 Å². The molecule has 0 spiro atoms. The number of pyridine rings is 1. The molecule has 3 heterocycles. The maximum Gasteiger partial charge on any atom is 0.247 e.